The van der Waals surface area contributed by atoms with Crippen LogP contribution in [0.2, 0.25) is 0 Å². The molecule has 7 heteroatoms. The summed E-state index contributed by atoms with van der Waals surface area (Å²) in [5.74, 6) is 0.816. The van der Waals surface area contributed by atoms with Crippen molar-refractivity contribution in [3.05, 3.63) is 63.7 Å². The second-order valence-corrected chi connectivity index (χ2v) is 5.48. The van der Waals surface area contributed by atoms with Gasteiger partial charge in [0.1, 0.15) is 0 Å². The molecule has 1 aliphatic rings. The molecule has 0 radical (unpaired) electrons. The highest BCUT2D eigenvalue weighted by Gasteiger charge is 2.17. The van der Waals surface area contributed by atoms with Crippen molar-refractivity contribution in [2.45, 2.75) is 19.4 Å². The summed E-state index contributed by atoms with van der Waals surface area (Å²) in [6.45, 7) is 2.34. The zero-order valence-corrected chi connectivity index (χ0v) is 13.0. The van der Waals surface area contributed by atoms with Crippen LogP contribution in [-0.2, 0) is 11.3 Å². The molecule has 7 nitrogen and oxygen atoms in total. The first-order valence-corrected chi connectivity index (χ1v) is 7.45. The van der Waals surface area contributed by atoms with Gasteiger partial charge in [-0.2, -0.15) is 0 Å². The van der Waals surface area contributed by atoms with Gasteiger partial charge >= 0.3 is 0 Å². The Balaban J connectivity index is 1.60. The number of nitrogens with zero attached hydrogens (tertiary/aromatic N) is 1. The predicted octanol–water partition coefficient (Wildman–Crippen LogP) is 2.74. The van der Waals surface area contributed by atoms with Crippen molar-refractivity contribution in [3.8, 4) is 11.5 Å². The number of carbonyl (C=O) groups is 1. The number of benzene rings is 2. The number of fused-ring (bicyclic) bond motifs is 1. The van der Waals surface area contributed by atoms with E-state index in [-0.39, 0.29) is 18.4 Å². The number of ether oxygens (including phenoxy) is 2. The van der Waals surface area contributed by atoms with Crippen molar-refractivity contribution >= 4 is 11.6 Å². The maximum absolute atomic E-state index is 12.3. The van der Waals surface area contributed by atoms with Crippen molar-refractivity contribution in [1.82, 2.24) is 5.32 Å². The van der Waals surface area contributed by atoms with Crippen LogP contribution < -0.4 is 14.8 Å². The minimum absolute atomic E-state index is 0.00622. The van der Waals surface area contributed by atoms with Gasteiger partial charge in [0.15, 0.2) is 11.5 Å². The first kappa shape index (κ1) is 15.8. The first-order chi connectivity index (χ1) is 11.5. The maximum atomic E-state index is 12.3. The monoisotopic (exact) mass is 328 g/mol. The van der Waals surface area contributed by atoms with Crippen molar-refractivity contribution in [3.63, 3.8) is 0 Å². The summed E-state index contributed by atoms with van der Waals surface area (Å²) >= 11 is 0. The molecule has 0 aliphatic carbocycles. The van der Waals surface area contributed by atoms with Crippen molar-refractivity contribution in [1.29, 1.82) is 0 Å². The molecule has 1 amide bonds. The predicted molar refractivity (Wildman–Crippen MR) is 85.9 cm³/mol. The number of nitrogens with one attached hydrogen (secondary N) is 1. The zero-order valence-electron chi connectivity index (χ0n) is 13.0. The van der Waals surface area contributed by atoms with E-state index in [4.69, 9.17) is 9.47 Å². The number of carbonyl (C=O) groups excluding carboxylic acids is 1. The standard InChI is InChI=1S/C17H16N2O5/c1-11(13-3-5-14(6-4-13)19(21)22)17(20)18-9-12-2-7-15-16(8-12)24-10-23-15/h2-8,11H,9-10H2,1H3,(H,18,20)/t11-/m0/s1. The molecule has 1 heterocycles. The number of amides is 1. The molecule has 3 rings (SSSR count). The SMILES string of the molecule is C[C@H](C(=O)NCc1ccc2c(c1)OCO2)c1ccc([N+](=O)[O-])cc1. The van der Waals surface area contributed by atoms with E-state index < -0.39 is 10.8 Å². The molecule has 24 heavy (non-hydrogen) atoms. The minimum atomic E-state index is -0.464. The van der Waals surface area contributed by atoms with Crippen LogP contribution in [0.4, 0.5) is 5.69 Å². The summed E-state index contributed by atoms with van der Waals surface area (Å²) in [6, 6.07) is 11.5. The Labute approximate surface area is 138 Å². The van der Waals surface area contributed by atoms with Crippen molar-refractivity contribution in [2.24, 2.45) is 0 Å². The van der Waals surface area contributed by atoms with Crippen LogP contribution in [0.15, 0.2) is 42.5 Å². The summed E-state index contributed by atoms with van der Waals surface area (Å²) in [5.41, 5.74) is 1.64. The fourth-order valence-corrected chi connectivity index (χ4v) is 2.43. The highest BCUT2D eigenvalue weighted by Crippen LogP contribution is 2.32. The Bertz CT molecular complexity index is 773. The molecule has 0 bridgehead atoms. The number of nitro benzene ring substituents is 1. The van der Waals surface area contributed by atoms with Gasteiger partial charge < -0.3 is 14.8 Å². The Morgan fingerprint density at radius 2 is 1.92 bits per heavy atom. The molecule has 1 aliphatic heterocycles. The lowest BCUT2D eigenvalue weighted by molar-refractivity contribution is -0.384. The molecule has 0 saturated heterocycles. The lowest BCUT2D eigenvalue weighted by Gasteiger charge is -2.12. The van der Waals surface area contributed by atoms with Gasteiger partial charge in [-0.05, 0) is 30.2 Å². The molecule has 0 spiro atoms. The van der Waals surface area contributed by atoms with E-state index in [9.17, 15) is 14.9 Å². The van der Waals surface area contributed by atoms with Gasteiger partial charge in [-0.15, -0.1) is 0 Å². The number of nitro groups is 1. The maximum Gasteiger partial charge on any atom is 0.269 e. The molecular formula is C17H16N2O5. The lowest BCUT2D eigenvalue weighted by atomic mass is 10.00. The average Bonchev–Trinajstić information content (AvgIpc) is 3.06. The summed E-state index contributed by atoms with van der Waals surface area (Å²) in [6.07, 6.45) is 0. The lowest BCUT2D eigenvalue weighted by Crippen LogP contribution is -2.27. The van der Waals surface area contributed by atoms with E-state index in [1.54, 1.807) is 19.1 Å². The highest BCUT2D eigenvalue weighted by molar-refractivity contribution is 5.83. The van der Waals surface area contributed by atoms with Gasteiger partial charge in [0.05, 0.1) is 10.8 Å². The Hall–Kier alpha value is -3.09. The average molecular weight is 328 g/mol. The van der Waals surface area contributed by atoms with Crippen LogP contribution >= 0.6 is 0 Å². The van der Waals surface area contributed by atoms with Crippen LogP contribution in [0.1, 0.15) is 24.0 Å². The fourth-order valence-electron chi connectivity index (χ4n) is 2.43. The third kappa shape index (κ3) is 3.29. The van der Waals surface area contributed by atoms with Crippen LogP contribution in [-0.4, -0.2) is 17.6 Å². The van der Waals surface area contributed by atoms with E-state index in [2.05, 4.69) is 5.32 Å². The third-order valence-corrected chi connectivity index (χ3v) is 3.90. The van der Waals surface area contributed by atoms with E-state index >= 15 is 0 Å². The molecule has 1 N–H and O–H groups in total. The molecule has 2 aromatic carbocycles. The molecule has 1 atom stereocenters. The van der Waals surface area contributed by atoms with Gasteiger partial charge in [0, 0.05) is 18.7 Å². The molecule has 124 valence electrons. The van der Waals surface area contributed by atoms with E-state index in [0.717, 1.165) is 11.1 Å². The quantitative estimate of drug-likeness (QED) is 0.673. The van der Waals surface area contributed by atoms with Crippen LogP contribution in [0.3, 0.4) is 0 Å². The summed E-state index contributed by atoms with van der Waals surface area (Å²) in [7, 11) is 0. The topological polar surface area (TPSA) is 90.7 Å². The molecular weight excluding hydrogens is 312 g/mol. The molecule has 0 unspecified atom stereocenters. The zero-order chi connectivity index (χ0) is 17.1. The summed E-state index contributed by atoms with van der Waals surface area (Å²) in [5, 5.41) is 13.5. The number of hydrogen-bond acceptors (Lipinski definition) is 5. The summed E-state index contributed by atoms with van der Waals surface area (Å²) < 4.78 is 10.5. The smallest absolute Gasteiger partial charge is 0.269 e. The highest BCUT2D eigenvalue weighted by atomic mass is 16.7. The Morgan fingerprint density at radius 3 is 2.62 bits per heavy atom. The summed E-state index contributed by atoms with van der Waals surface area (Å²) in [4.78, 5) is 22.5. The van der Waals surface area contributed by atoms with Gasteiger partial charge in [0.2, 0.25) is 12.7 Å². The minimum Gasteiger partial charge on any atom is -0.454 e. The molecule has 0 saturated carbocycles. The Morgan fingerprint density at radius 1 is 1.21 bits per heavy atom. The van der Waals surface area contributed by atoms with E-state index in [1.807, 2.05) is 18.2 Å². The van der Waals surface area contributed by atoms with E-state index in [0.29, 0.717) is 18.0 Å². The van der Waals surface area contributed by atoms with Gasteiger partial charge in [0.25, 0.3) is 5.69 Å². The molecule has 2 aromatic rings. The normalized spacial score (nSPS) is 13.4. The van der Waals surface area contributed by atoms with Gasteiger partial charge in [-0.25, -0.2) is 0 Å². The molecule has 0 aromatic heterocycles. The van der Waals surface area contributed by atoms with Gasteiger partial charge in [-0.1, -0.05) is 18.2 Å². The fraction of sp³-hybridized carbons (Fsp3) is 0.235. The second-order valence-electron chi connectivity index (χ2n) is 5.48. The van der Waals surface area contributed by atoms with Crippen LogP contribution in [0.25, 0.3) is 0 Å². The molecule has 0 fully saturated rings. The van der Waals surface area contributed by atoms with Crippen LogP contribution in [0.5, 0.6) is 11.5 Å². The van der Waals surface area contributed by atoms with Crippen molar-refractivity contribution in [2.75, 3.05) is 6.79 Å². The number of non-ortho nitro benzene ring substituents is 1. The second kappa shape index (κ2) is 6.57. The Kier molecular flexibility index (Phi) is 4.33. The number of rotatable bonds is 5. The van der Waals surface area contributed by atoms with E-state index in [1.165, 1.54) is 12.1 Å². The van der Waals surface area contributed by atoms with Gasteiger partial charge in [-0.3, -0.25) is 14.9 Å². The first-order valence-electron chi connectivity index (χ1n) is 7.45. The van der Waals surface area contributed by atoms with Crippen LogP contribution in [0, 0.1) is 10.1 Å². The largest absolute Gasteiger partial charge is 0.454 e. The van der Waals surface area contributed by atoms with Crippen molar-refractivity contribution < 1.29 is 19.2 Å². The third-order valence-electron chi connectivity index (χ3n) is 3.90. The number of hydrogen-bond donors (Lipinski definition) is 1.